The highest BCUT2D eigenvalue weighted by atomic mass is 35.5. The molecular weight excluding hydrogens is 1080 g/mol. The first-order valence-electron chi connectivity index (χ1n) is 30.9. The summed E-state index contributed by atoms with van der Waals surface area (Å²) in [4.78, 5) is 47.3. The van der Waals surface area contributed by atoms with Crippen molar-refractivity contribution < 1.29 is 37.8 Å². The van der Waals surface area contributed by atoms with Gasteiger partial charge in [-0.25, -0.2) is 4.98 Å². The summed E-state index contributed by atoms with van der Waals surface area (Å²) in [5.74, 6) is 2.01. The van der Waals surface area contributed by atoms with Crippen molar-refractivity contribution in [2.45, 2.75) is 138 Å². The fourth-order valence-electron chi connectivity index (χ4n) is 14.8. The van der Waals surface area contributed by atoms with E-state index >= 15 is 0 Å². The van der Waals surface area contributed by atoms with Crippen molar-refractivity contribution in [1.82, 2.24) is 40.4 Å². The van der Waals surface area contributed by atoms with E-state index in [1.54, 1.807) is 0 Å². The number of halogens is 1. The molecule has 18 heteroatoms. The van der Waals surface area contributed by atoms with Crippen molar-refractivity contribution in [3.8, 4) is 45.3 Å². The predicted molar refractivity (Wildman–Crippen MR) is 322 cm³/mol. The molecule has 5 aliphatic heterocycles. The second kappa shape index (κ2) is 20.6. The van der Waals surface area contributed by atoms with Crippen LogP contribution in [-0.4, -0.2) is 150 Å². The van der Waals surface area contributed by atoms with Gasteiger partial charge in [-0.2, -0.15) is 0 Å². The molecular formula is C66H76BClN8O8. The highest BCUT2D eigenvalue weighted by Crippen LogP contribution is 2.69. The fraction of sp³-hybridized carbons (Fsp3) is 0.515. The van der Waals surface area contributed by atoms with Crippen LogP contribution in [0.25, 0.3) is 33.8 Å². The largest absolute Gasteiger partial charge is 0.494 e. The molecule has 84 heavy (non-hydrogen) atoms. The Bertz CT molecular complexity index is 3540. The lowest BCUT2D eigenvalue weighted by atomic mass is 9.79. The third kappa shape index (κ3) is 9.41. The van der Waals surface area contributed by atoms with Gasteiger partial charge >= 0.3 is 7.12 Å². The first-order valence-corrected chi connectivity index (χ1v) is 31.3. The van der Waals surface area contributed by atoms with Gasteiger partial charge in [0.2, 0.25) is 0 Å². The maximum atomic E-state index is 13.2. The van der Waals surface area contributed by atoms with Crippen molar-refractivity contribution in [1.29, 1.82) is 0 Å². The second-order valence-corrected chi connectivity index (χ2v) is 26.8. The van der Waals surface area contributed by atoms with Crippen LogP contribution in [0.5, 0.6) is 11.5 Å². The molecule has 17 rings (SSSR count). The summed E-state index contributed by atoms with van der Waals surface area (Å²) < 4.78 is 34.7. The number of nitrogens with zero attached hydrogens (tertiary/aromatic N) is 4. The molecule has 0 unspecified atom stereocenters. The molecule has 0 bridgehead atoms. The summed E-state index contributed by atoms with van der Waals surface area (Å²) in [7, 11) is -0.322. The van der Waals surface area contributed by atoms with Crippen molar-refractivity contribution >= 4 is 36.0 Å². The summed E-state index contributed by atoms with van der Waals surface area (Å²) in [6.07, 6.45) is 16.7. The summed E-state index contributed by atoms with van der Waals surface area (Å²) in [5.41, 5.74) is 16.4. The van der Waals surface area contributed by atoms with E-state index in [9.17, 15) is 9.59 Å². The maximum absolute atomic E-state index is 13.2. The lowest BCUT2D eigenvalue weighted by Crippen LogP contribution is -2.51. The van der Waals surface area contributed by atoms with Crippen molar-refractivity contribution in [3.05, 3.63) is 123 Å². The number of H-pyrrole nitrogens is 2. The number of amides is 2. The zero-order valence-electron chi connectivity index (χ0n) is 48.9. The lowest BCUT2D eigenvalue weighted by Gasteiger charge is -2.33. The number of benzene rings is 2. The van der Waals surface area contributed by atoms with Gasteiger partial charge in [-0.15, -0.1) is 0 Å². The molecule has 0 radical (unpaired) electrons. The lowest BCUT2D eigenvalue weighted by molar-refractivity contribution is 0.00578. The Morgan fingerprint density at radius 2 is 1.04 bits per heavy atom. The number of hydrogen-bond acceptors (Lipinski definition) is 12. The Morgan fingerprint density at radius 1 is 0.583 bits per heavy atom. The number of hydrogen-bond donors (Lipinski definition) is 4. The van der Waals surface area contributed by atoms with E-state index in [1.807, 2.05) is 54.9 Å². The normalized spacial score (nSPS) is 23.0. The van der Waals surface area contributed by atoms with E-state index in [-0.39, 0.29) is 52.0 Å². The molecule has 7 fully saturated rings. The standard InChI is InChI=1S/C30H32N4O3.C18H28BNO4.C18H16ClN3O/c35-28-25-22-6-3-20-18-31-24(19-1-4-21(5-2-19)37-16-13-34-11-14-36-15-12-34)17-23(20)26(22)32-27(25)29(7-8-29)30(33-28)9-10-30;1-17(2)18(3,4)24-19(23-17)15-5-7-16(8-6-15)22-14-11-20-9-12-21-13-10-20;19-12-7-11-9(8-20-12)1-2-10-13-15(21-14(10)11)17(3-4-17)18(5-6-18)22-16(13)23/h1-2,4-5,17-18,32H,3,6-16H2,(H,33,35);5-8H,9-14H2,1-4H3;7-8,21H,1-6H2,(H,22,23). The zero-order valence-corrected chi connectivity index (χ0v) is 49.7. The van der Waals surface area contributed by atoms with E-state index in [0.717, 1.165) is 173 Å². The van der Waals surface area contributed by atoms with Crippen molar-refractivity contribution in [2.75, 3.05) is 78.9 Å². The molecule has 2 amide bonds. The second-order valence-electron chi connectivity index (χ2n) is 26.4. The Morgan fingerprint density at radius 3 is 1.50 bits per heavy atom. The summed E-state index contributed by atoms with van der Waals surface area (Å²) in [6, 6.07) is 20.4. The molecule has 4 saturated carbocycles. The van der Waals surface area contributed by atoms with Gasteiger partial charge in [-0.3, -0.25) is 24.4 Å². The molecule has 6 aromatic rings. The van der Waals surface area contributed by atoms with Gasteiger partial charge < -0.3 is 48.9 Å². The van der Waals surface area contributed by atoms with Crippen LogP contribution >= 0.6 is 11.6 Å². The average Bonchev–Trinajstić information content (AvgIpc) is 1.54. The minimum atomic E-state index is -0.322. The number of aromatic amines is 2. The minimum absolute atomic E-state index is 0.0166. The number of carbonyl (C=O) groups excluding carboxylic acids is 2. The molecule has 16 nitrogen and oxygen atoms in total. The van der Waals surface area contributed by atoms with E-state index < -0.39 is 0 Å². The van der Waals surface area contributed by atoms with Crippen LogP contribution in [0.3, 0.4) is 0 Å². The Hall–Kier alpha value is -6.05. The molecule has 6 aliphatic carbocycles. The van der Waals surface area contributed by atoms with Crippen LogP contribution in [0.2, 0.25) is 5.15 Å². The SMILES string of the molecule is CC1(C)OB(c2ccc(OCCN3CCOCC3)cc2)OC1(C)C.O=C1NC2(CC2)C2(CC2)c2[nH]c3c(c21)CCc1cnc(-c2ccc(OCCN4CCOCC4)cc2)cc1-3.O=C1NC2(CC2)C2(CC2)c2[nH]c3c(c21)CCc1cnc(Cl)cc1-3. The van der Waals surface area contributed by atoms with Crippen LogP contribution < -0.4 is 25.6 Å². The first-order chi connectivity index (χ1) is 40.7. The maximum Gasteiger partial charge on any atom is 0.494 e. The minimum Gasteiger partial charge on any atom is -0.492 e. The molecule has 4 aromatic heterocycles. The van der Waals surface area contributed by atoms with Crippen LogP contribution in [0.4, 0.5) is 0 Å². The number of pyridine rings is 2. The predicted octanol–water partition coefficient (Wildman–Crippen LogP) is 8.69. The van der Waals surface area contributed by atoms with Crippen LogP contribution in [0, 0.1) is 0 Å². The summed E-state index contributed by atoms with van der Waals surface area (Å²) in [6.45, 7) is 18.7. The number of rotatable bonds is 10. The third-order valence-corrected chi connectivity index (χ3v) is 21.2. The van der Waals surface area contributed by atoms with E-state index in [4.69, 9.17) is 44.8 Å². The Kier molecular flexibility index (Phi) is 13.4. The zero-order chi connectivity index (χ0) is 57.2. The van der Waals surface area contributed by atoms with Gasteiger partial charge in [0, 0.05) is 90.6 Å². The topological polar surface area (TPSA) is 177 Å². The highest BCUT2D eigenvalue weighted by Gasteiger charge is 2.72. The number of aromatic nitrogens is 4. The monoisotopic (exact) mass is 1150 g/mol. The molecule has 438 valence electrons. The number of aryl methyl sites for hydroxylation is 2. The number of morpholine rings is 2. The average molecular weight is 1160 g/mol. The number of nitrogens with one attached hydrogen (secondary N) is 4. The molecule has 11 aliphatic rings. The number of carbonyl (C=O) groups is 2. The number of fused-ring (bicyclic) bond motifs is 14. The molecule has 2 aromatic carbocycles. The Labute approximate surface area is 496 Å². The summed E-state index contributed by atoms with van der Waals surface area (Å²) in [5, 5.41) is 7.28. The van der Waals surface area contributed by atoms with Crippen LogP contribution in [0.15, 0.2) is 73.1 Å². The van der Waals surface area contributed by atoms with E-state index in [2.05, 4.69) is 81.3 Å². The first kappa shape index (κ1) is 54.6. The molecule has 3 saturated heterocycles. The fourth-order valence-corrected chi connectivity index (χ4v) is 15.0. The van der Waals surface area contributed by atoms with Gasteiger partial charge in [0.1, 0.15) is 29.9 Å². The molecule has 9 heterocycles. The van der Waals surface area contributed by atoms with Crippen LogP contribution in [-0.2, 0) is 55.3 Å². The third-order valence-electron chi connectivity index (χ3n) is 21.0. The molecule has 4 spiro atoms. The summed E-state index contributed by atoms with van der Waals surface area (Å²) >= 11 is 6.12. The van der Waals surface area contributed by atoms with E-state index in [0.29, 0.717) is 18.4 Å². The smallest absolute Gasteiger partial charge is 0.492 e. The van der Waals surface area contributed by atoms with Gasteiger partial charge in [-0.05, 0) is 181 Å². The van der Waals surface area contributed by atoms with Crippen LogP contribution in [0.1, 0.15) is 133 Å². The quantitative estimate of drug-likeness (QED) is 0.0760. The molecule has 4 N–H and O–H groups in total. The van der Waals surface area contributed by atoms with Gasteiger partial charge in [-0.1, -0.05) is 23.7 Å². The Balaban J connectivity index is 0.000000112. The van der Waals surface area contributed by atoms with Crippen molar-refractivity contribution in [3.63, 3.8) is 0 Å². The molecule has 0 atom stereocenters. The number of ether oxygens (including phenoxy) is 4. The van der Waals surface area contributed by atoms with Gasteiger partial charge in [0.05, 0.1) is 76.9 Å². The van der Waals surface area contributed by atoms with Gasteiger partial charge in [0.25, 0.3) is 11.8 Å². The van der Waals surface area contributed by atoms with Crippen molar-refractivity contribution in [2.24, 2.45) is 0 Å². The highest BCUT2D eigenvalue weighted by molar-refractivity contribution is 6.62. The van der Waals surface area contributed by atoms with E-state index in [1.165, 1.54) is 64.9 Å². The van der Waals surface area contributed by atoms with Gasteiger partial charge in [0.15, 0.2) is 0 Å².